The number of nitrogens with zero attached hydrogens (tertiary/aromatic N) is 3. The Labute approximate surface area is 124 Å². The minimum absolute atomic E-state index is 0.148. The molecule has 0 aliphatic carbocycles. The number of hydrogen-bond acceptors (Lipinski definition) is 4. The van der Waals surface area contributed by atoms with Crippen LogP contribution in [-0.2, 0) is 20.0 Å². The van der Waals surface area contributed by atoms with E-state index in [4.69, 9.17) is 5.73 Å². The summed E-state index contributed by atoms with van der Waals surface area (Å²) >= 11 is 0. The third kappa shape index (κ3) is 3.81. The molecule has 3 N–H and O–H groups in total. The van der Waals surface area contributed by atoms with Gasteiger partial charge in [0.25, 0.3) is 5.91 Å². The van der Waals surface area contributed by atoms with Crippen molar-refractivity contribution in [3.8, 4) is 0 Å². The Morgan fingerprint density at radius 3 is 2.81 bits per heavy atom. The van der Waals surface area contributed by atoms with E-state index in [1.54, 1.807) is 16.8 Å². The Morgan fingerprint density at radius 2 is 2.19 bits per heavy atom. The van der Waals surface area contributed by atoms with Gasteiger partial charge in [-0.25, -0.2) is 4.98 Å². The fourth-order valence-electron chi connectivity index (χ4n) is 2.23. The molecular formula is C15H21N5O. The molecule has 21 heavy (non-hydrogen) atoms. The Balaban J connectivity index is 2.08. The zero-order valence-electron chi connectivity index (χ0n) is 12.7. The summed E-state index contributed by atoms with van der Waals surface area (Å²) in [5.74, 6) is 0.230. The van der Waals surface area contributed by atoms with Crippen LogP contribution in [0.25, 0.3) is 0 Å². The fourth-order valence-corrected chi connectivity index (χ4v) is 2.23. The number of nitrogens with one attached hydrogen (secondary N) is 1. The minimum Gasteiger partial charge on any atom is -0.384 e. The lowest BCUT2D eigenvalue weighted by Crippen LogP contribution is -2.23. The number of anilines is 1. The Kier molecular flexibility index (Phi) is 4.57. The van der Waals surface area contributed by atoms with E-state index in [0.717, 1.165) is 29.8 Å². The summed E-state index contributed by atoms with van der Waals surface area (Å²) in [6.45, 7) is 4.44. The number of rotatable bonds is 5. The fraction of sp³-hybridized carbons (Fsp3) is 0.400. The van der Waals surface area contributed by atoms with Crippen molar-refractivity contribution in [1.29, 1.82) is 0 Å². The topological polar surface area (TPSA) is 85.8 Å². The molecule has 2 rings (SSSR count). The van der Waals surface area contributed by atoms with Gasteiger partial charge in [0, 0.05) is 36.6 Å². The van der Waals surface area contributed by atoms with E-state index in [2.05, 4.69) is 22.3 Å². The molecule has 0 aliphatic rings. The van der Waals surface area contributed by atoms with Gasteiger partial charge in [-0.15, -0.1) is 0 Å². The van der Waals surface area contributed by atoms with Crippen molar-refractivity contribution in [3.63, 3.8) is 0 Å². The third-order valence-corrected chi connectivity index (χ3v) is 3.22. The van der Waals surface area contributed by atoms with Crippen molar-refractivity contribution in [2.45, 2.75) is 33.2 Å². The predicted octanol–water partition coefficient (Wildman–Crippen LogP) is 1.59. The molecule has 0 atom stereocenters. The average molecular weight is 287 g/mol. The van der Waals surface area contributed by atoms with Crippen LogP contribution in [0.5, 0.6) is 0 Å². The van der Waals surface area contributed by atoms with Crippen LogP contribution < -0.4 is 11.1 Å². The maximum absolute atomic E-state index is 12.2. The van der Waals surface area contributed by atoms with Crippen LogP contribution in [0.3, 0.4) is 0 Å². The summed E-state index contributed by atoms with van der Waals surface area (Å²) in [5, 5.41) is 7.14. The molecule has 0 fully saturated rings. The number of aromatic nitrogens is 3. The summed E-state index contributed by atoms with van der Waals surface area (Å²) in [7, 11) is 1.86. The van der Waals surface area contributed by atoms with E-state index in [1.165, 1.54) is 0 Å². The summed E-state index contributed by atoms with van der Waals surface area (Å²) in [4.78, 5) is 16.4. The molecule has 0 aromatic carbocycles. The first-order valence-electron chi connectivity index (χ1n) is 7.03. The van der Waals surface area contributed by atoms with Crippen LogP contribution in [0.1, 0.15) is 40.7 Å². The lowest BCUT2D eigenvalue weighted by molar-refractivity contribution is 0.0950. The summed E-state index contributed by atoms with van der Waals surface area (Å²) in [6.07, 6.45) is 3.68. The van der Waals surface area contributed by atoms with Gasteiger partial charge >= 0.3 is 0 Å². The molecule has 0 aliphatic heterocycles. The van der Waals surface area contributed by atoms with E-state index in [0.29, 0.717) is 17.9 Å². The standard InChI is InChI=1S/C15H21N5O/c1-4-5-13-6-11(7-14(16)18-13)15(21)17-8-12-9-20(3)19-10(12)2/h6-7,9H,4-5,8H2,1-3H3,(H2,16,18)(H,17,21). The lowest BCUT2D eigenvalue weighted by atomic mass is 10.1. The zero-order chi connectivity index (χ0) is 15.4. The second-order valence-electron chi connectivity index (χ2n) is 5.12. The first kappa shape index (κ1) is 15.0. The van der Waals surface area contributed by atoms with Gasteiger partial charge in [0.1, 0.15) is 5.82 Å². The highest BCUT2D eigenvalue weighted by atomic mass is 16.1. The smallest absolute Gasteiger partial charge is 0.251 e. The normalized spacial score (nSPS) is 10.6. The van der Waals surface area contributed by atoms with Crippen LogP contribution in [0, 0.1) is 6.92 Å². The zero-order valence-corrected chi connectivity index (χ0v) is 12.7. The molecule has 1 amide bonds. The Hall–Kier alpha value is -2.37. The van der Waals surface area contributed by atoms with Crippen molar-refractivity contribution >= 4 is 11.7 Å². The maximum Gasteiger partial charge on any atom is 0.251 e. The van der Waals surface area contributed by atoms with Gasteiger partial charge in [-0.1, -0.05) is 13.3 Å². The molecule has 6 heteroatoms. The molecule has 0 bridgehead atoms. The number of amides is 1. The first-order valence-corrected chi connectivity index (χ1v) is 7.03. The molecule has 0 spiro atoms. The third-order valence-electron chi connectivity index (χ3n) is 3.22. The molecule has 112 valence electrons. The molecule has 6 nitrogen and oxygen atoms in total. The molecular weight excluding hydrogens is 266 g/mol. The predicted molar refractivity (Wildman–Crippen MR) is 81.8 cm³/mol. The minimum atomic E-state index is -0.148. The Bertz CT molecular complexity index is 648. The van der Waals surface area contributed by atoms with Gasteiger partial charge in [-0.3, -0.25) is 9.48 Å². The highest BCUT2D eigenvalue weighted by molar-refractivity contribution is 5.94. The number of pyridine rings is 1. The monoisotopic (exact) mass is 287 g/mol. The second-order valence-corrected chi connectivity index (χ2v) is 5.12. The van der Waals surface area contributed by atoms with Crippen LogP contribution in [-0.4, -0.2) is 20.7 Å². The van der Waals surface area contributed by atoms with E-state index in [9.17, 15) is 4.79 Å². The van der Waals surface area contributed by atoms with Crippen LogP contribution in [0.4, 0.5) is 5.82 Å². The van der Waals surface area contributed by atoms with E-state index in [1.807, 2.05) is 20.2 Å². The van der Waals surface area contributed by atoms with Gasteiger partial charge < -0.3 is 11.1 Å². The highest BCUT2D eigenvalue weighted by Gasteiger charge is 2.10. The summed E-state index contributed by atoms with van der Waals surface area (Å²) < 4.78 is 1.74. The van der Waals surface area contributed by atoms with E-state index >= 15 is 0 Å². The van der Waals surface area contributed by atoms with Crippen molar-refractivity contribution in [3.05, 3.63) is 40.8 Å². The van der Waals surface area contributed by atoms with Gasteiger partial charge in [0.15, 0.2) is 0 Å². The number of carbonyl (C=O) groups excluding carboxylic acids is 1. The molecule has 2 aromatic heterocycles. The molecule has 0 saturated carbocycles. The largest absolute Gasteiger partial charge is 0.384 e. The van der Waals surface area contributed by atoms with E-state index < -0.39 is 0 Å². The van der Waals surface area contributed by atoms with Crippen LogP contribution in [0.15, 0.2) is 18.3 Å². The second kappa shape index (κ2) is 6.39. The van der Waals surface area contributed by atoms with Gasteiger partial charge in [0.2, 0.25) is 0 Å². The van der Waals surface area contributed by atoms with E-state index in [-0.39, 0.29) is 5.91 Å². The quantitative estimate of drug-likeness (QED) is 0.874. The summed E-state index contributed by atoms with van der Waals surface area (Å²) in [6, 6.07) is 3.40. The average Bonchev–Trinajstić information content (AvgIpc) is 2.74. The SMILES string of the molecule is CCCc1cc(C(=O)NCc2cn(C)nc2C)cc(N)n1. The van der Waals surface area contributed by atoms with Crippen molar-refractivity contribution < 1.29 is 4.79 Å². The van der Waals surface area contributed by atoms with Crippen LogP contribution >= 0.6 is 0 Å². The molecule has 0 radical (unpaired) electrons. The number of nitrogens with two attached hydrogens (primary N) is 1. The number of aryl methyl sites for hydroxylation is 3. The van der Waals surface area contributed by atoms with Crippen molar-refractivity contribution in [1.82, 2.24) is 20.1 Å². The van der Waals surface area contributed by atoms with Crippen molar-refractivity contribution in [2.75, 3.05) is 5.73 Å². The van der Waals surface area contributed by atoms with Gasteiger partial charge in [-0.05, 0) is 25.5 Å². The van der Waals surface area contributed by atoms with Gasteiger partial charge in [-0.2, -0.15) is 5.10 Å². The molecule has 0 saturated heterocycles. The van der Waals surface area contributed by atoms with Gasteiger partial charge in [0.05, 0.1) is 5.69 Å². The molecule has 2 heterocycles. The number of nitrogen functional groups attached to an aromatic ring is 1. The Morgan fingerprint density at radius 1 is 1.43 bits per heavy atom. The maximum atomic E-state index is 12.2. The van der Waals surface area contributed by atoms with Crippen LogP contribution in [0.2, 0.25) is 0 Å². The number of hydrogen-bond donors (Lipinski definition) is 2. The first-order chi connectivity index (χ1) is 9.99. The molecule has 0 unspecified atom stereocenters. The molecule has 2 aromatic rings. The summed E-state index contributed by atoms with van der Waals surface area (Å²) in [5.41, 5.74) is 9.07. The lowest BCUT2D eigenvalue weighted by Gasteiger charge is -2.07. The highest BCUT2D eigenvalue weighted by Crippen LogP contribution is 2.10. The number of carbonyl (C=O) groups is 1. The van der Waals surface area contributed by atoms with Crippen molar-refractivity contribution in [2.24, 2.45) is 7.05 Å².